The van der Waals surface area contributed by atoms with Crippen LogP contribution in [0.4, 0.5) is 0 Å². The third-order valence-corrected chi connectivity index (χ3v) is 5.05. The molecule has 0 nitrogen and oxygen atoms in total. The van der Waals surface area contributed by atoms with Gasteiger partial charge in [0.2, 0.25) is 0 Å². The van der Waals surface area contributed by atoms with E-state index in [1.165, 1.54) is 103 Å². The molecule has 132 valence electrons. The fraction of sp³-hybridized carbons (Fsp3) is 0.909. The van der Waals surface area contributed by atoms with E-state index in [1.54, 1.807) is 0 Å². The largest absolute Gasteiger partial charge is 0.0651 e. The summed E-state index contributed by atoms with van der Waals surface area (Å²) in [7, 11) is 0. The molecule has 0 fully saturated rings. The van der Waals surface area contributed by atoms with Crippen LogP contribution in [0, 0.1) is 19.8 Å². The van der Waals surface area contributed by atoms with Crippen LogP contribution in [0.15, 0.2) is 0 Å². The molecule has 0 amide bonds. The molecule has 1 unspecified atom stereocenters. The lowest BCUT2D eigenvalue weighted by molar-refractivity contribution is 0.392. The molecule has 0 aromatic heterocycles. The number of rotatable bonds is 18. The molecule has 0 aromatic carbocycles. The molecule has 0 spiro atoms. The molecule has 2 radical (unpaired) electrons. The quantitative estimate of drug-likeness (QED) is 0.223. The minimum absolute atomic E-state index is 1.00. The molecule has 1 atom stereocenters. The van der Waals surface area contributed by atoms with Gasteiger partial charge >= 0.3 is 0 Å². The van der Waals surface area contributed by atoms with Crippen molar-refractivity contribution in [3.63, 3.8) is 0 Å². The number of hydrogen-bond acceptors (Lipinski definition) is 0. The van der Waals surface area contributed by atoms with Crippen LogP contribution in [-0.2, 0) is 0 Å². The summed E-state index contributed by atoms with van der Waals surface area (Å²) in [5.41, 5.74) is 0. The van der Waals surface area contributed by atoms with Gasteiger partial charge in [-0.15, -0.1) is 0 Å². The van der Waals surface area contributed by atoms with E-state index < -0.39 is 0 Å². The average molecular weight is 309 g/mol. The van der Waals surface area contributed by atoms with Crippen LogP contribution in [0.3, 0.4) is 0 Å². The fourth-order valence-electron chi connectivity index (χ4n) is 3.36. The van der Waals surface area contributed by atoms with Crippen molar-refractivity contribution in [2.24, 2.45) is 5.92 Å². The summed E-state index contributed by atoms with van der Waals surface area (Å²) in [6.07, 6.45) is 25.1. The first-order chi connectivity index (χ1) is 10.8. The average Bonchev–Trinajstić information content (AvgIpc) is 2.54. The lowest BCUT2D eigenvalue weighted by atomic mass is 9.92. The zero-order chi connectivity index (χ0) is 16.3. The topological polar surface area (TPSA) is 0 Å². The van der Waals surface area contributed by atoms with E-state index in [9.17, 15) is 0 Å². The van der Waals surface area contributed by atoms with Crippen molar-refractivity contribution < 1.29 is 0 Å². The number of hydrogen-bond donors (Lipinski definition) is 0. The van der Waals surface area contributed by atoms with Gasteiger partial charge in [-0.25, -0.2) is 0 Å². The summed E-state index contributed by atoms with van der Waals surface area (Å²) in [6, 6.07) is 0. The third kappa shape index (κ3) is 16.4. The first-order valence-electron chi connectivity index (χ1n) is 10.4. The van der Waals surface area contributed by atoms with Crippen LogP contribution in [0.1, 0.15) is 122 Å². The van der Waals surface area contributed by atoms with Gasteiger partial charge in [0, 0.05) is 0 Å². The van der Waals surface area contributed by atoms with Gasteiger partial charge in [0.15, 0.2) is 0 Å². The Hall–Kier alpha value is 0. The van der Waals surface area contributed by atoms with Crippen LogP contribution in [0.5, 0.6) is 0 Å². The maximum absolute atomic E-state index is 3.92. The third-order valence-electron chi connectivity index (χ3n) is 5.05. The SMILES string of the molecule is [CH2]CCCCCCCCCCC(CC)CCCCCCC[CH2]. The van der Waals surface area contributed by atoms with Gasteiger partial charge in [-0.05, 0) is 5.92 Å². The number of unbranched alkanes of at least 4 members (excludes halogenated alkanes) is 13. The minimum atomic E-state index is 1.00. The second kappa shape index (κ2) is 19.0. The van der Waals surface area contributed by atoms with Crippen LogP contribution >= 0.6 is 0 Å². The Balaban J connectivity index is 3.28. The summed E-state index contributed by atoms with van der Waals surface area (Å²) in [4.78, 5) is 0. The molecule has 0 aliphatic rings. The molecule has 0 aromatic rings. The second-order valence-electron chi connectivity index (χ2n) is 7.15. The standard InChI is InChI=1S/C22H44/c1-4-7-9-11-13-14-15-17-19-21-22(6-3)20-18-16-12-10-8-5-2/h22H,1-2,4-21H2,3H3. The van der Waals surface area contributed by atoms with E-state index in [1.807, 2.05) is 0 Å². The van der Waals surface area contributed by atoms with Crippen LogP contribution in [0.25, 0.3) is 0 Å². The summed E-state index contributed by atoms with van der Waals surface area (Å²) in [6.45, 7) is 10.2. The van der Waals surface area contributed by atoms with E-state index in [0.29, 0.717) is 0 Å². The van der Waals surface area contributed by atoms with Crippen LogP contribution in [0.2, 0.25) is 0 Å². The molecule has 0 rings (SSSR count). The van der Waals surface area contributed by atoms with Crippen molar-refractivity contribution >= 4 is 0 Å². The van der Waals surface area contributed by atoms with E-state index in [4.69, 9.17) is 0 Å². The first kappa shape index (κ1) is 22.0. The molecule has 0 saturated carbocycles. The Kier molecular flexibility index (Phi) is 19.0. The summed E-state index contributed by atoms with van der Waals surface area (Å²) in [5.74, 6) is 1.00. The first-order valence-corrected chi connectivity index (χ1v) is 10.4. The Labute approximate surface area is 142 Å². The maximum atomic E-state index is 3.92. The van der Waals surface area contributed by atoms with E-state index >= 15 is 0 Å². The highest BCUT2D eigenvalue weighted by Crippen LogP contribution is 2.21. The van der Waals surface area contributed by atoms with E-state index in [2.05, 4.69) is 20.8 Å². The molecule has 0 aliphatic heterocycles. The lowest BCUT2D eigenvalue weighted by Crippen LogP contribution is -1.99. The maximum Gasteiger partial charge on any atom is -0.0417 e. The van der Waals surface area contributed by atoms with Gasteiger partial charge in [-0.2, -0.15) is 0 Å². The zero-order valence-electron chi connectivity index (χ0n) is 15.7. The van der Waals surface area contributed by atoms with Gasteiger partial charge in [-0.1, -0.05) is 136 Å². The Morgan fingerprint density at radius 2 is 0.818 bits per heavy atom. The summed E-state index contributed by atoms with van der Waals surface area (Å²) in [5, 5.41) is 0. The highest BCUT2D eigenvalue weighted by Gasteiger charge is 2.05. The highest BCUT2D eigenvalue weighted by atomic mass is 14.1. The zero-order valence-corrected chi connectivity index (χ0v) is 15.7. The van der Waals surface area contributed by atoms with Crippen molar-refractivity contribution in [3.8, 4) is 0 Å². The second-order valence-corrected chi connectivity index (χ2v) is 7.15. The highest BCUT2D eigenvalue weighted by molar-refractivity contribution is 4.59. The van der Waals surface area contributed by atoms with Gasteiger partial charge in [-0.3, -0.25) is 0 Å². The van der Waals surface area contributed by atoms with Gasteiger partial charge in [0.1, 0.15) is 0 Å². The van der Waals surface area contributed by atoms with Crippen molar-refractivity contribution in [1.29, 1.82) is 0 Å². The van der Waals surface area contributed by atoms with Crippen molar-refractivity contribution in [2.75, 3.05) is 0 Å². The Bertz CT molecular complexity index is 184. The van der Waals surface area contributed by atoms with Crippen molar-refractivity contribution in [2.45, 2.75) is 122 Å². The monoisotopic (exact) mass is 308 g/mol. The molecule has 0 saturated heterocycles. The predicted octanol–water partition coefficient (Wildman–Crippen LogP) is 8.31. The molecule has 0 bridgehead atoms. The summed E-state index contributed by atoms with van der Waals surface area (Å²) < 4.78 is 0. The molecule has 0 N–H and O–H groups in total. The fourth-order valence-corrected chi connectivity index (χ4v) is 3.36. The Morgan fingerprint density at radius 3 is 1.14 bits per heavy atom. The van der Waals surface area contributed by atoms with Gasteiger partial charge in [0.05, 0.1) is 0 Å². The molecular weight excluding hydrogens is 264 g/mol. The molecular formula is C22H44. The summed E-state index contributed by atoms with van der Waals surface area (Å²) >= 11 is 0. The minimum Gasteiger partial charge on any atom is -0.0651 e. The molecule has 0 heterocycles. The van der Waals surface area contributed by atoms with Crippen LogP contribution < -0.4 is 0 Å². The Morgan fingerprint density at radius 1 is 0.500 bits per heavy atom. The molecule has 22 heavy (non-hydrogen) atoms. The molecule has 0 heteroatoms. The lowest BCUT2D eigenvalue weighted by Gasteiger charge is -2.14. The smallest absolute Gasteiger partial charge is 0.0417 e. The van der Waals surface area contributed by atoms with E-state index in [0.717, 1.165) is 18.8 Å². The van der Waals surface area contributed by atoms with E-state index in [-0.39, 0.29) is 0 Å². The van der Waals surface area contributed by atoms with Crippen LogP contribution in [-0.4, -0.2) is 0 Å². The molecule has 0 aliphatic carbocycles. The van der Waals surface area contributed by atoms with Crippen molar-refractivity contribution in [3.05, 3.63) is 13.8 Å². The predicted molar refractivity (Wildman–Crippen MR) is 103 cm³/mol. The van der Waals surface area contributed by atoms with Gasteiger partial charge < -0.3 is 0 Å². The normalized spacial score (nSPS) is 12.7. The van der Waals surface area contributed by atoms with Crippen molar-refractivity contribution in [1.82, 2.24) is 0 Å². The van der Waals surface area contributed by atoms with Gasteiger partial charge in [0.25, 0.3) is 0 Å².